The van der Waals surface area contributed by atoms with Crippen LogP contribution in [0.4, 0.5) is 11.6 Å². The molecule has 1 amide bonds. The Morgan fingerprint density at radius 3 is 2.96 bits per heavy atom. The topological polar surface area (TPSA) is 94.2 Å². The van der Waals surface area contributed by atoms with Gasteiger partial charge >= 0.3 is 0 Å². The van der Waals surface area contributed by atoms with Crippen molar-refractivity contribution in [2.24, 2.45) is 0 Å². The number of hydrogen-bond acceptors (Lipinski definition) is 6. The number of para-hydroxylation sites is 2. The monoisotopic (exact) mass is 351 g/mol. The number of carbonyl (C=O) groups is 1. The fraction of sp³-hybridized carbons (Fsp3) is 0.167. The maximum absolute atomic E-state index is 13.1. The van der Waals surface area contributed by atoms with Crippen LogP contribution in [0.5, 0.6) is 5.75 Å². The number of anilines is 2. The molecule has 0 saturated heterocycles. The van der Waals surface area contributed by atoms with Gasteiger partial charge in [-0.1, -0.05) is 12.1 Å². The normalized spacial score (nSPS) is 16.0. The van der Waals surface area contributed by atoms with Crippen LogP contribution in [0.15, 0.2) is 64.9 Å². The summed E-state index contributed by atoms with van der Waals surface area (Å²) in [6.45, 7) is 1.84. The molecule has 0 saturated carbocycles. The molecule has 8 nitrogen and oxygen atoms in total. The third-order valence-corrected chi connectivity index (χ3v) is 4.25. The molecule has 26 heavy (non-hydrogen) atoms. The predicted octanol–water partition coefficient (Wildman–Crippen LogP) is 2.81. The Kier molecular flexibility index (Phi) is 3.92. The van der Waals surface area contributed by atoms with Crippen LogP contribution in [-0.2, 0) is 4.79 Å². The molecule has 3 aromatic rings. The van der Waals surface area contributed by atoms with Gasteiger partial charge < -0.3 is 19.8 Å². The van der Waals surface area contributed by atoms with Crippen LogP contribution in [-0.4, -0.2) is 27.8 Å². The van der Waals surface area contributed by atoms with Gasteiger partial charge in [0, 0.05) is 11.3 Å². The van der Waals surface area contributed by atoms with Crippen molar-refractivity contribution in [3.05, 3.63) is 66.0 Å². The molecule has 1 aromatic carbocycles. The molecular weight excluding hydrogens is 334 g/mol. The van der Waals surface area contributed by atoms with E-state index in [9.17, 15) is 4.79 Å². The summed E-state index contributed by atoms with van der Waals surface area (Å²) in [6.07, 6.45) is 4.62. The first-order valence-electron chi connectivity index (χ1n) is 8.03. The zero-order chi connectivity index (χ0) is 18.1. The lowest BCUT2D eigenvalue weighted by molar-refractivity contribution is -0.113. The number of methoxy groups -OCH3 is 1. The van der Waals surface area contributed by atoms with Crippen LogP contribution in [0.1, 0.15) is 18.5 Å². The van der Waals surface area contributed by atoms with E-state index in [1.807, 2.05) is 25.1 Å². The van der Waals surface area contributed by atoms with E-state index in [1.165, 1.54) is 6.33 Å². The molecule has 2 aromatic heterocycles. The Labute approximate surface area is 149 Å². The lowest BCUT2D eigenvalue weighted by Gasteiger charge is -2.27. The highest BCUT2D eigenvalue weighted by Gasteiger charge is 2.34. The summed E-state index contributed by atoms with van der Waals surface area (Å²) >= 11 is 0. The molecule has 0 radical (unpaired) electrons. The molecule has 0 aliphatic carbocycles. The van der Waals surface area contributed by atoms with Crippen molar-refractivity contribution >= 4 is 17.5 Å². The summed E-state index contributed by atoms with van der Waals surface area (Å²) in [4.78, 5) is 17.3. The fourth-order valence-corrected chi connectivity index (χ4v) is 3.06. The maximum atomic E-state index is 13.1. The molecule has 0 spiro atoms. The SMILES string of the molecule is COc1ccccc1NC(=O)C1=C(C)Nc2ncnn2C1c1ccoc1. The second-order valence-electron chi connectivity index (χ2n) is 5.81. The van der Waals surface area contributed by atoms with Gasteiger partial charge in [0.2, 0.25) is 5.95 Å². The van der Waals surface area contributed by atoms with Crippen molar-refractivity contribution in [2.75, 3.05) is 17.7 Å². The first kappa shape index (κ1) is 15.9. The van der Waals surface area contributed by atoms with E-state index in [2.05, 4.69) is 20.7 Å². The minimum Gasteiger partial charge on any atom is -0.495 e. The van der Waals surface area contributed by atoms with E-state index >= 15 is 0 Å². The van der Waals surface area contributed by atoms with Crippen LogP contribution in [0.3, 0.4) is 0 Å². The Hall–Kier alpha value is -3.55. The highest BCUT2D eigenvalue weighted by molar-refractivity contribution is 6.06. The van der Waals surface area contributed by atoms with Crippen LogP contribution in [0, 0.1) is 0 Å². The second-order valence-corrected chi connectivity index (χ2v) is 5.81. The van der Waals surface area contributed by atoms with E-state index in [1.54, 1.807) is 36.5 Å². The Morgan fingerprint density at radius 1 is 1.35 bits per heavy atom. The molecule has 0 fully saturated rings. The van der Waals surface area contributed by atoms with Crippen molar-refractivity contribution in [3.8, 4) is 5.75 Å². The number of rotatable bonds is 4. The summed E-state index contributed by atoms with van der Waals surface area (Å²) in [5.74, 6) is 0.901. The Morgan fingerprint density at radius 2 is 2.19 bits per heavy atom. The first-order valence-corrected chi connectivity index (χ1v) is 8.03. The quantitative estimate of drug-likeness (QED) is 0.751. The zero-order valence-corrected chi connectivity index (χ0v) is 14.3. The highest BCUT2D eigenvalue weighted by atomic mass is 16.5. The minimum atomic E-state index is -0.442. The van der Waals surface area contributed by atoms with Gasteiger partial charge in [-0.15, -0.1) is 0 Å². The number of fused-ring (bicyclic) bond motifs is 1. The van der Waals surface area contributed by atoms with Crippen LogP contribution >= 0.6 is 0 Å². The zero-order valence-electron chi connectivity index (χ0n) is 14.3. The van der Waals surface area contributed by atoms with E-state index in [0.29, 0.717) is 28.7 Å². The van der Waals surface area contributed by atoms with E-state index < -0.39 is 6.04 Å². The summed E-state index contributed by atoms with van der Waals surface area (Å²) in [6, 6.07) is 8.63. The standard InChI is InChI=1S/C18H17N5O3/c1-11-15(17(24)22-13-5-3-4-6-14(13)25-2)16(12-7-8-26-9-12)23-18(21-11)19-10-20-23/h3-10,16H,1-2H3,(H,22,24)(H,19,20,21). The molecule has 132 valence electrons. The predicted molar refractivity (Wildman–Crippen MR) is 94.8 cm³/mol. The summed E-state index contributed by atoms with van der Waals surface area (Å²) in [5.41, 5.74) is 2.62. The van der Waals surface area contributed by atoms with Gasteiger partial charge in [0.1, 0.15) is 18.1 Å². The van der Waals surface area contributed by atoms with Gasteiger partial charge in [-0.2, -0.15) is 10.1 Å². The molecule has 1 aliphatic heterocycles. The number of aromatic nitrogens is 3. The lowest BCUT2D eigenvalue weighted by atomic mass is 9.97. The average molecular weight is 351 g/mol. The third kappa shape index (κ3) is 2.61. The van der Waals surface area contributed by atoms with Crippen molar-refractivity contribution in [1.29, 1.82) is 0 Å². The number of allylic oxidation sites excluding steroid dienone is 1. The van der Waals surface area contributed by atoms with Crippen LogP contribution < -0.4 is 15.4 Å². The minimum absolute atomic E-state index is 0.258. The van der Waals surface area contributed by atoms with E-state index in [-0.39, 0.29) is 5.91 Å². The molecule has 1 atom stereocenters. The molecule has 8 heteroatoms. The molecule has 2 N–H and O–H groups in total. The smallest absolute Gasteiger partial charge is 0.255 e. The molecule has 1 unspecified atom stereocenters. The molecular formula is C18H17N5O3. The number of hydrogen-bond donors (Lipinski definition) is 2. The Bertz CT molecular complexity index is 974. The number of amides is 1. The van der Waals surface area contributed by atoms with Crippen LogP contribution in [0.2, 0.25) is 0 Å². The van der Waals surface area contributed by atoms with Gasteiger partial charge in [-0.25, -0.2) is 4.68 Å². The number of ether oxygens (including phenoxy) is 1. The van der Waals surface area contributed by atoms with Crippen LogP contribution in [0.25, 0.3) is 0 Å². The number of furan rings is 1. The largest absolute Gasteiger partial charge is 0.495 e. The first-order chi connectivity index (χ1) is 12.7. The van der Waals surface area contributed by atoms with Crippen molar-refractivity contribution in [3.63, 3.8) is 0 Å². The fourth-order valence-electron chi connectivity index (χ4n) is 3.06. The summed E-state index contributed by atoms with van der Waals surface area (Å²) in [7, 11) is 1.56. The number of nitrogens with zero attached hydrogens (tertiary/aromatic N) is 3. The molecule has 1 aliphatic rings. The molecule has 0 bridgehead atoms. The van der Waals surface area contributed by atoms with Crippen molar-refractivity contribution in [2.45, 2.75) is 13.0 Å². The summed E-state index contributed by atoms with van der Waals surface area (Å²) in [5, 5.41) is 10.3. The van der Waals surface area contributed by atoms with E-state index in [4.69, 9.17) is 9.15 Å². The number of carbonyl (C=O) groups excluding carboxylic acids is 1. The van der Waals surface area contributed by atoms with Gasteiger partial charge in [0.15, 0.2) is 0 Å². The number of benzene rings is 1. The van der Waals surface area contributed by atoms with Gasteiger partial charge in [-0.3, -0.25) is 4.79 Å². The Balaban J connectivity index is 1.74. The second kappa shape index (κ2) is 6.40. The third-order valence-electron chi connectivity index (χ3n) is 4.25. The summed E-state index contributed by atoms with van der Waals surface area (Å²) < 4.78 is 12.2. The average Bonchev–Trinajstić information content (AvgIpc) is 3.32. The molecule has 3 heterocycles. The van der Waals surface area contributed by atoms with E-state index in [0.717, 1.165) is 5.56 Å². The number of nitrogens with one attached hydrogen (secondary N) is 2. The lowest BCUT2D eigenvalue weighted by Crippen LogP contribution is -2.31. The van der Waals surface area contributed by atoms with Gasteiger partial charge in [-0.05, 0) is 25.1 Å². The van der Waals surface area contributed by atoms with Gasteiger partial charge in [0.05, 0.1) is 30.9 Å². The highest BCUT2D eigenvalue weighted by Crippen LogP contribution is 2.35. The van der Waals surface area contributed by atoms with Crippen molar-refractivity contribution in [1.82, 2.24) is 14.8 Å². The maximum Gasteiger partial charge on any atom is 0.255 e. The van der Waals surface area contributed by atoms with Crippen molar-refractivity contribution < 1.29 is 13.9 Å². The molecule has 4 rings (SSSR count). The van der Waals surface area contributed by atoms with Gasteiger partial charge in [0.25, 0.3) is 5.91 Å².